The van der Waals surface area contributed by atoms with Crippen LogP contribution in [0.25, 0.3) is 0 Å². The predicted octanol–water partition coefficient (Wildman–Crippen LogP) is 1.21. The smallest absolute Gasteiger partial charge is 0.260 e. The van der Waals surface area contributed by atoms with Gasteiger partial charge in [0, 0.05) is 19.1 Å². The third-order valence-electron chi connectivity index (χ3n) is 4.08. The molecule has 114 valence electrons. The van der Waals surface area contributed by atoms with Gasteiger partial charge < -0.3 is 9.88 Å². The van der Waals surface area contributed by atoms with Crippen molar-refractivity contribution in [3.63, 3.8) is 0 Å². The normalized spacial score (nSPS) is 19.1. The second-order valence-electron chi connectivity index (χ2n) is 5.71. The van der Waals surface area contributed by atoms with Crippen LogP contribution in [0.3, 0.4) is 0 Å². The standard InChI is InChI=1S/C13H24N4O2S/c1-10(2)17-7-5-12(6-8-17)16(4)20(18,19)13-9-14-11(3)15-13/h9-10,12H,5-8H2,1-4H3,(H,14,15). The molecule has 1 aliphatic heterocycles. The third-order valence-corrected chi connectivity index (χ3v) is 5.90. The van der Waals surface area contributed by atoms with Gasteiger partial charge in [0.1, 0.15) is 5.82 Å². The number of imidazole rings is 1. The van der Waals surface area contributed by atoms with Crippen LogP contribution in [0, 0.1) is 6.92 Å². The van der Waals surface area contributed by atoms with Crippen LogP contribution in [0.1, 0.15) is 32.5 Å². The molecule has 2 heterocycles. The molecule has 0 bridgehead atoms. The number of rotatable bonds is 4. The summed E-state index contributed by atoms with van der Waals surface area (Å²) in [6.07, 6.45) is 3.15. The summed E-state index contributed by atoms with van der Waals surface area (Å²) in [4.78, 5) is 9.17. The van der Waals surface area contributed by atoms with Gasteiger partial charge in [-0.25, -0.2) is 13.4 Å². The number of nitrogens with zero attached hydrogens (tertiary/aromatic N) is 3. The molecule has 0 radical (unpaired) electrons. The zero-order chi connectivity index (χ0) is 14.9. The molecule has 1 N–H and O–H groups in total. The molecule has 0 aromatic carbocycles. The highest BCUT2D eigenvalue weighted by atomic mass is 32.2. The molecule has 1 fully saturated rings. The predicted molar refractivity (Wildman–Crippen MR) is 78.0 cm³/mol. The van der Waals surface area contributed by atoms with Crippen LogP contribution in [-0.4, -0.2) is 59.8 Å². The van der Waals surface area contributed by atoms with Gasteiger partial charge in [0.05, 0.1) is 6.20 Å². The Kier molecular flexibility index (Phi) is 4.51. The number of aromatic amines is 1. The van der Waals surface area contributed by atoms with Gasteiger partial charge in [-0.05, 0) is 46.7 Å². The van der Waals surface area contributed by atoms with Gasteiger partial charge in [-0.2, -0.15) is 4.31 Å². The van der Waals surface area contributed by atoms with Crippen molar-refractivity contribution in [2.24, 2.45) is 0 Å². The van der Waals surface area contributed by atoms with Crippen LogP contribution in [0.2, 0.25) is 0 Å². The lowest BCUT2D eigenvalue weighted by molar-refractivity contribution is 0.140. The minimum atomic E-state index is -3.46. The second-order valence-corrected chi connectivity index (χ2v) is 7.68. The Labute approximate surface area is 121 Å². The maximum atomic E-state index is 12.5. The van der Waals surface area contributed by atoms with E-state index in [2.05, 4.69) is 28.7 Å². The Morgan fingerprint density at radius 3 is 2.45 bits per heavy atom. The summed E-state index contributed by atoms with van der Waals surface area (Å²) < 4.78 is 26.5. The molecule has 1 aromatic heterocycles. The number of piperidine rings is 1. The summed E-state index contributed by atoms with van der Waals surface area (Å²) in [5.41, 5.74) is 0. The molecular weight excluding hydrogens is 276 g/mol. The molecular formula is C13H24N4O2S. The van der Waals surface area contributed by atoms with Gasteiger partial charge in [-0.1, -0.05) is 0 Å². The number of nitrogens with one attached hydrogen (secondary N) is 1. The lowest BCUT2D eigenvalue weighted by Crippen LogP contribution is -2.47. The minimum absolute atomic E-state index is 0.0682. The SMILES string of the molecule is Cc1ncc(S(=O)(=O)N(C)C2CCN(C(C)C)CC2)[nH]1. The first-order valence-electron chi connectivity index (χ1n) is 7.06. The van der Waals surface area contributed by atoms with Crippen LogP contribution in [0.5, 0.6) is 0 Å². The topological polar surface area (TPSA) is 69.3 Å². The minimum Gasteiger partial charge on any atom is -0.332 e. The zero-order valence-electron chi connectivity index (χ0n) is 12.6. The van der Waals surface area contributed by atoms with E-state index in [4.69, 9.17) is 0 Å². The van der Waals surface area contributed by atoms with E-state index in [9.17, 15) is 8.42 Å². The highest BCUT2D eigenvalue weighted by molar-refractivity contribution is 7.89. The van der Waals surface area contributed by atoms with E-state index in [-0.39, 0.29) is 11.1 Å². The number of aryl methyl sites for hydroxylation is 1. The van der Waals surface area contributed by atoms with Crippen LogP contribution in [0.15, 0.2) is 11.2 Å². The molecule has 0 atom stereocenters. The van der Waals surface area contributed by atoms with Crippen molar-refractivity contribution in [3.05, 3.63) is 12.0 Å². The van der Waals surface area contributed by atoms with Crippen molar-refractivity contribution >= 4 is 10.0 Å². The number of hydrogen-bond acceptors (Lipinski definition) is 4. The van der Waals surface area contributed by atoms with Crippen LogP contribution >= 0.6 is 0 Å². The quantitative estimate of drug-likeness (QED) is 0.907. The van der Waals surface area contributed by atoms with Crippen molar-refractivity contribution in [1.82, 2.24) is 19.2 Å². The van der Waals surface area contributed by atoms with Gasteiger partial charge in [0.15, 0.2) is 5.03 Å². The molecule has 1 saturated heterocycles. The average molecular weight is 300 g/mol. The molecule has 0 saturated carbocycles. The van der Waals surface area contributed by atoms with Crippen LogP contribution in [-0.2, 0) is 10.0 Å². The van der Waals surface area contributed by atoms with Gasteiger partial charge in [-0.3, -0.25) is 0 Å². The summed E-state index contributed by atoms with van der Waals surface area (Å²) in [6, 6.07) is 0.590. The Balaban J connectivity index is 2.07. The highest BCUT2D eigenvalue weighted by Gasteiger charge is 2.32. The van der Waals surface area contributed by atoms with E-state index in [0.717, 1.165) is 25.9 Å². The third kappa shape index (κ3) is 3.05. The van der Waals surface area contributed by atoms with Crippen molar-refractivity contribution in [3.8, 4) is 0 Å². The summed E-state index contributed by atoms with van der Waals surface area (Å²) in [7, 11) is -1.79. The number of aromatic nitrogens is 2. The van der Waals surface area contributed by atoms with Gasteiger partial charge in [0.25, 0.3) is 10.0 Å². The second kappa shape index (κ2) is 5.83. The first kappa shape index (κ1) is 15.5. The zero-order valence-corrected chi connectivity index (χ0v) is 13.4. The molecule has 1 aliphatic rings. The first-order chi connectivity index (χ1) is 9.32. The maximum absolute atomic E-state index is 12.5. The fourth-order valence-electron chi connectivity index (χ4n) is 2.65. The van der Waals surface area contributed by atoms with Crippen molar-refractivity contribution < 1.29 is 8.42 Å². The van der Waals surface area contributed by atoms with Crippen LogP contribution < -0.4 is 0 Å². The number of hydrogen-bond donors (Lipinski definition) is 1. The monoisotopic (exact) mass is 300 g/mol. The highest BCUT2D eigenvalue weighted by Crippen LogP contribution is 2.22. The fraction of sp³-hybridized carbons (Fsp3) is 0.769. The summed E-state index contributed by atoms with van der Waals surface area (Å²) in [5, 5.41) is 0.184. The van der Waals surface area contributed by atoms with Gasteiger partial charge in [0.2, 0.25) is 0 Å². The number of sulfonamides is 1. The number of likely N-dealkylation sites (tertiary alicyclic amines) is 1. The van der Waals surface area contributed by atoms with Crippen molar-refractivity contribution in [2.45, 2.75) is 50.7 Å². The van der Waals surface area contributed by atoms with Crippen molar-refractivity contribution in [2.75, 3.05) is 20.1 Å². The van der Waals surface area contributed by atoms with Gasteiger partial charge >= 0.3 is 0 Å². The Morgan fingerprint density at radius 2 is 2.00 bits per heavy atom. The molecule has 20 heavy (non-hydrogen) atoms. The van der Waals surface area contributed by atoms with E-state index < -0.39 is 10.0 Å². The maximum Gasteiger partial charge on any atom is 0.260 e. The summed E-state index contributed by atoms with van der Waals surface area (Å²) in [5.74, 6) is 0.617. The molecule has 2 rings (SSSR count). The molecule has 7 heteroatoms. The van der Waals surface area contributed by atoms with E-state index in [0.29, 0.717) is 11.9 Å². The molecule has 6 nitrogen and oxygen atoms in total. The van der Waals surface area contributed by atoms with Gasteiger partial charge in [-0.15, -0.1) is 0 Å². The lowest BCUT2D eigenvalue weighted by Gasteiger charge is -2.37. The van der Waals surface area contributed by atoms with E-state index in [1.54, 1.807) is 14.0 Å². The van der Waals surface area contributed by atoms with Crippen molar-refractivity contribution in [1.29, 1.82) is 0 Å². The Bertz CT molecular complexity index is 544. The molecule has 0 unspecified atom stereocenters. The van der Waals surface area contributed by atoms with Crippen LogP contribution in [0.4, 0.5) is 0 Å². The van der Waals surface area contributed by atoms with E-state index in [1.165, 1.54) is 10.5 Å². The fourth-order valence-corrected chi connectivity index (χ4v) is 4.02. The van der Waals surface area contributed by atoms with E-state index in [1.807, 2.05) is 0 Å². The Morgan fingerprint density at radius 1 is 1.40 bits per heavy atom. The lowest BCUT2D eigenvalue weighted by atomic mass is 10.0. The summed E-state index contributed by atoms with van der Waals surface area (Å²) in [6.45, 7) is 8.00. The summed E-state index contributed by atoms with van der Waals surface area (Å²) >= 11 is 0. The average Bonchev–Trinajstić information content (AvgIpc) is 2.85. The molecule has 0 amide bonds. The molecule has 0 spiro atoms. The Hall–Kier alpha value is -0.920. The first-order valence-corrected chi connectivity index (χ1v) is 8.50. The largest absolute Gasteiger partial charge is 0.332 e. The number of H-pyrrole nitrogens is 1. The molecule has 0 aliphatic carbocycles. The molecule has 1 aromatic rings. The van der Waals surface area contributed by atoms with E-state index >= 15 is 0 Å².